The number of piperidine rings is 1. The van der Waals surface area contributed by atoms with Crippen molar-refractivity contribution < 1.29 is 9.90 Å². The van der Waals surface area contributed by atoms with E-state index in [1.165, 1.54) is 38.5 Å². The van der Waals surface area contributed by atoms with Gasteiger partial charge in [0.15, 0.2) is 0 Å². The average Bonchev–Trinajstić information content (AvgIpc) is 2.44. The lowest BCUT2D eigenvalue weighted by atomic mass is 9.53. The molecule has 0 unspecified atom stereocenters. The molecule has 0 aromatic rings. The smallest absolute Gasteiger partial charge is 0.315 e. The summed E-state index contributed by atoms with van der Waals surface area (Å²) in [5, 5.41) is 19.5. The van der Waals surface area contributed by atoms with Gasteiger partial charge in [0.25, 0.3) is 0 Å². The van der Waals surface area contributed by atoms with Gasteiger partial charge in [-0.05, 0) is 69.2 Å². The van der Waals surface area contributed by atoms with Crippen LogP contribution in [0.15, 0.2) is 0 Å². The van der Waals surface area contributed by atoms with Gasteiger partial charge in [0.05, 0.1) is 6.10 Å². The second-order valence-corrected chi connectivity index (χ2v) is 8.35. The highest BCUT2D eigenvalue weighted by Gasteiger charge is 2.51. The number of carbonyl (C=O) groups is 1. The Kier molecular flexibility index (Phi) is 3.81. The highest BCUT2D eigenvalue weighted by Crippen LogP contribution is 2.55. The fraction of sp³-hybridized carbons (Fsp3) is 0.941. The molecule has 2 atom stereocenters. The molecule has 5 heteroatoms. The molecule has 5 nitrogen and oxygen atoms in total. The second-order valence-electron chi connectivity index (χ2n) is 8.35. The molecule has 22 heavy (non-hydrogen) atoms. The summed E-state index contributed by atoms with van der Waals surface area (Å²) in [6.45, 7) is 2.16. The number of hydrogen-bond acceptors (Lipinski definition) is 3. The van der Waals surface area contributed by atoms with Crippen LogP contribution >= 0.6 is 0 Å². The monoisotopic (exact) mass is 307 g/mol. The van der Waals surface area contributed by atoms with Gasteiger partial charge in [-0.3, -0.25) is 0 Å². The molecule has 124 valence electrons. The van der Waals surface area contributed by atoms with Gasteiger partial charge < -0.3 is 21.1 Å². The van der Waals surface area contributed by atoms with Crippen molar-refractivity contribution in [2.75, 3.05) is 19.6 Å². The SMILES string of the molecule is O=C(NC[C@@H]1CCNC[C@H]1O)NC12CC3CC(CC(C3)C1)C2. The van der Waals surface area contributed by atoms with E-state index in [0.29, 0.717) is 13.1 Å². The Morgan fingerprint density at radius 3 is 2.36 bits per heavy atom. The molecule has 1 aliphatic heterocycles. The van der Waals surface area contributed by atoms with E-state index in [9.17, 15) is 9.90 Å². The first kappa shape index (κ1) is 14.8. The minimum atomic E-state index is -0.339. The number of amides is 2. The maximum absolute atomic E-state index is 12.4. The molecule has 1 heterocycles. The molecule has 4 aliphatic carbocycles. The summed E-state index contributed by atoms with van der Waals surface area (Å²) in [6.07, 6.45) is 8.32. The summed E-state index contributed by atoms with van der Waals surface area (Å²) in [5.41, 5.74) is 0.0750. The highest BCUT2D eigenvalue weighted by molar-refractivity contribution is 5.74. The van der Waals surface area contributed by atoms with E-state index in [0.717, 1.165) is 30.7 Å². The number of nitrogens with one attached hydrogen (secondary N) is 3. The summed E-state index contributed by atoms with van der Waals surface area (Å²) in [7, 11) is 0. The maximum atomic E-state index is 12.4. The lowest BCUT2D eigenvalue weighted by Crippen LogP contribution is -2.61. The molecule has 0 aromatic carbocycles. The van der Waals surface area contributed by atoms with Crippen LogP contribution in [0, 0.1) is 23.7 Å². The van der Waals surface area contributed by atoms with E-state index < -0.39 is 0 Å². The first-order valence-corrected chi connectivity index (χ1v) is 9.07. The molecule has 4 N–H and O–H groups in total. The summed E-state index contributed by atoms with van der Waals surface area (Å²) in [5.74, 6) is 2.72. The van der Waals surface area contributed by atoms with Crippen molar-refractivity contribution in [3.05, 3.63) is 0 Å². The minimum Gasteiger partial charge on any atom is -0.391 e. The standard InChI is InChI=1S/C17H29N3O2/c21-15-10-18-2-1-14(15)9-19-16(22)20-17-6-11-3-12(7-17)5-13(4-11)8-17/h11-15,18,21H,1-10H2,(H2,19,20,22)/t11?,12?,13?,14-,15+,17?/m0/s1. The first-order valence-electron chi connectivity index (χ1n) is 9.07. The van der Waals surface area contributed by atoms with Gasteiger partial charge >= 0.3 is 6.03 Å². The molecule has 1 saturated heterocycles. The van der Waals surface area contributed by atoms with E-state index in [4.69, 9.17) is 0 Å². The van der Waals surface area contributed by atoms with E-state index >= 15 is 0 Å². The molecule has 0 radical (unpaired) electrons. The van der Waals surface area contributed by atoms with Gasteiger partial charge in [0.2, 0.25) is 0 Å². The minimum absolute atomic E-state index is 0.0207. The summed E-state index contributed by atoms with van der Waals surface area (Å²) >= 11 is 0. The van der Waals surface area contributed by atoms with E-state index in [1.807, 2.05) is 0 Å². The Morgan fingerprint density at radius 2 is 1.77 bits per heavy atom. The predicted molar refractivity (Wildman–Crippen MR) is 84.4 cm³/mol. The van der Waals surface area contributed by atoms with Crippen LogP contribution in [0.5, 0.6) is 0 Å². The zero-order valence-electron chi connectivity index (χ0n) is 13.3. The van der Waals surface area contributed by atoms with E-state index in [1.54, 1.807) is 0 Å². The number of hydrogen-bond donors (Lipinski definition) is 4. The van der Waals surface area contributed by atoms with Crippen molar-refractivity contribution >= 4 is 6.03 Å². The fourth-order valence-electron chi connectivity index (χ4n) is 5.91. The van der Waals surface area contributed by atoms with Gasteiger partial charge in [-0.2, -0.15) is 0 Å². The van der Waals surface area contributed by atoms with Crippen molar-refractivity contribution in [1.82, 2.24) is 16.0 Å². The van der Waals surface area contributed by atoms with Crippen LogP contribution in [0.4, 0.5) is 4.79 Å². The third kappa shape index (κ3) is 2.85. The highest BCUT2D eigenvalue weighted by atomic mass is 16.3. The van der Waals surface area contributed by atoms with Gasteiger partial charge in [0, 0.05) is 24.5 Å². The van der Waals surface area contributed by atoms with E-state index in [2.05, 4.69) is 16.0 Å². The summed E-state index contributed by atoms with van der Waals surface area (Å²) in [6, 6.07) is -0.0207. The van der Waals surface area contributed by atoms with Crippen LogP contribution in [-0.2, 0) is 0 Å². The Bertz CT molecular complexity index is 404. The maximum Gasteiger partial charge on any atom is 0.315 e. The van der Waals surface area contributed by atoms with Gasteiger partial charge in [-0.25, -0.2) is 4.79 Å². The Balaban J connectivity index is 1.30. The van der Waals surface area contributed by atoms with Crippen molar-refractivity contribution in [1.29, 1.82) is 0 Å². The van der Waals surface area contributed by atoms with Crippen LogP contribution in [0.25, 0.3) is 0 Å². The lowest BCUT2D eigenvalue weighted by molar-refractivity contribution is -0.0136. The number of aliphatic hydroxyl groups is 1. The zero-order chi connectivity index (χ0) is 15.2. The number of carbonyl (C=O) groups excluding carboxylic acids is 1. The van der Waals surface area contributed by atoms with Crippen molar-refractivity contribution in [2.24, 2.45) is 23.7 Å². The molecular weight excluding hydrogens is 278 g/mol. The molecule has 5 fully saturated rings. The third-order valence-electron chi connectivity index (χ3n) is 6.53. The predicted octanol–water partition coefficient (Wildman–Crippen LogP) is 1.22. The number of β-amino-alcohol motifs (C(OH)–C–C–N with tert-alkyl or cyclic N) is 1. The van der Waals surface area contributed by atoms with E-state index in [-0.39, 0.29) is 23.6 Å². The first-order chi connectivity index (χ1) is 10.6. The van der Waals surface area contributed by atoms with Crippen LogP contribution < -0.4 is 16.0 Å². The van der Waals surface area contributed by atoms with Crippen molar-refractivity contribution in [3.8, 4) is 0 Å². The lowest BCUT2D eigenvalue weighted by Gasteiger charge is -2.56. The average molecular weight is 307 g/mol. The molecule has 5 rings (SSSR count). The molecule has 5 aliphatic rings. The molecule has 0 aromatic heterocycles. The van der Waals surface area contributed by atoms with Crippen LogP contribution in [0.1, 0.15) is 44.9 Å². The number of rotatable bonds is 3. The quantitative estimate of drug-likeness (QED) is 0.633. The topological polar surface area (TPSA) is 73.4 Å². The van der Waals surface area contributed by atoms with Gasteiger partial charge in [0.1, 0.15) is 0 Å². The van der Waals surface area contributed by atoms with Crippen LogP contribution in [-0.4, -0.2) is 42.4 Å². The number of urea groups is 1. The third-order valence-corrected chi connectivity index (χ3v) is 6.53. The summed E-state index contributed by atoms with van der Waals surface area (Å²) in [4.78, 5) is 12.4. The molecule has 2 amide bonds. The fourth-order valence-corrected chi connectivity index (χ4v) is 5.91. The molecule has 4 bridgehead atoms. The molecule has 4 saturated carbocycles. The normalized spacial score (nSPS) is 46.5. The van der Waals surface area contributed by atoms with Crippen LogP contribution in [0.3, 0.4) is 0 Å². The van der Waals surface area contributed by atoms with Crippen molar-refractivity contribution in [3.63, 3.8) is 0 Å². The Morgan fingerprint density at radius 1 is 1.14 bits per heavy atom. The van der Waals surface area contributed by atoms with Gasteiger partial charge in [-0.1, -0.05) is 0 Å². The largest absolute Gasteiger partial charge is 0.391 e. The zero-order valence-corrected chi connectivity index (χ0v) is 13.3. The Labute approximate surface area is 132 Å². The van der Waals surface area contributed by atoms with Crippen LogP contribution in [0.2, 0.25) is 0 Å². The molecular formula is C17H29N3O2. The van der Waals surface area contributed by atoms with Crippen molar-refractivity contribution in [2.45, 2.75) is 56.6 Å². The second kappa shape index (κ2) is 5.68. The Hall–Kier alpha value is -0.810. The van der Waals surface area contributed by atoms with Gasteiger partial charge in [-0.15, -0.1) is 0 Å². The summed E-state index contributed by atoms with van der Waals surface area (Å²) < 4.78 is 0. The number of aliphatic hydroxyl groups excluding tert-OH is 1. The molecule has 0 spiro atoms.